The molecule has 0 aromatic carbocycles. The molecule has 0 heterocycles. The van der Waals surface area contributed by atoms with Gasteiger partial charge in [-0.25, -0.2) is 0 Å². The minimum Gasteiger partial charge on any atom is -0.333 e. The summed E-state index contributed by atoms with van der Waals surface area (Å²) in [6, 6.07) is 0. The molecule has 0 bridgehead atoms. The fourth-order valence-corrected chi connectivity index (χ4v) is 1.42. The van der Waals surface area contributed by atoms with Crippen LogP contribution >= 0.6 is 0 Å². The summed E-state index contributed by atoms with van der Waals surface area (Å²) >= 11 is 0. The van der Waals surface area contributed by atoms with Gasteiger partial charge in [-0.1, -0.05) is 19.3 Å². The second-order valence-corrected chi connectivity index (χ2v) is 2.74. The van der Waals surface area contributed by atoms with Crippen LogP contribution in [0, 0.1) is 5.92 Å². The van der Waals surface area contributed by atoms with Gasteiger partial charge in [0.2, 0.25) is 0 Å². The largest absolute Gasteiger partial charge is 0.333 e. The van der Waals surface area contributed by atoms with E-state index < -0.39 is 0 Å². The van der Waals surface area contributed by atoms with E-state index in [9.17, 15) is 0 Å². The fraction of sp³-hybridized carbons (Fsp3) is 1.00. The quantitative estimate of drug-likeness (QED) is 0.579. The van der Waals surface area contributed by atoms with E-state index >= 15 is 0 Å². The first-order valence-corrected chi connectivity index (χ1v) is 4.21. The zero-order chi connectivity index (χ0) is 7.82. The molecule has 10 heavy (non-hydrogen) atoms. The van der Waals surface area contributed by atoms with Crippen LogP contribution < -0.4 is 11.5 Å². The summed E-state index contributed by atoms with van der Waals surface area (Å²) in [5.41, 5.74) is 10.0. The Morgan fingerprint density at radius 3 is 1.90 bits per heavy atom. The van der Waals surface area contributed by atoms with Crippen molar-refractivity contribution < 1.29 is 0 Å². The van der Waals surface area contributed by atoms with Gasteiger partial charge in [0, 0.05) is 0 Å². The van der Waals surface area contributed by atoms with Crippen LogP contribution in [0.4, 0.5) is 0 Å². The third-order valence-electron chi connectivity index (χ3n) is 2.06. The number of hydrogen-bond acceptors (Lipinski definition) is 2. The van der Waals surface area contributed by atoms with Gasteiger partial charge in [-0.05, 0) is 32.4 Å². The van der Waals surface area contributed by atoms with Gasteiger partial charge in [-0.3, -0.25) is 0 Å². The van der Waals surface area contributed by atoms with Gasteiger partial charge in [0.1, 0.15) is 0 Å². The first-order chi connectivity index (χ1) is 4.93. The highest BCUT2D eigenvalue weighted by Gasteiger charge is 2.09. The Labute approximate surface area is 64.0 Å². The maximum atomic E-state index is 5.50. The lowest BCUT2D eigenvalue weighted by Crippen LogP contribution is -2.16. The summed E-state index contributed by atoms with van der Waals surface area (Å²) in [7, 11) is 1.50. The van der Waals surface area contributed by atoms with Crippen LogP contribution in [0.25, 0.3) is 0 Å². The van der Waals surface area contributed by atoms with Crippen LogP contribution in [0.5, 0.6) is 0 Å². The second kappa shape index (κ2) is 7.03. The van der Waals surface area contributed by atoms with Crippen LogP contribution in [-0.2, 0) is 0 Å². The van der Waals surface area contributed by atoms with Gasteiger partial charge >= 0.3 is 0 Å². The minimum atomic E-state index is 0.865. The van der Waals surface area contributed by atoms with Crippen molar-refractivity contribution in [3.8, 4) is 0 Å². The summed E-state index contributed by atoms with van der Waals surface area (Å²) in [4.78, 5) is 0. The van der Waals surface area contributed by atoms with E-state index in [1.807, 2.05) is 0 Å². The summed E-state index contributed by atoms with van der Waals surface area (Å²) in [6.45, 7) is 0.917. The van der Waals surface area contributed by atoms with Crippen LogP contribution in [0.1, 0.15) is 32.1 Å². The van der Waals surface area contributed by atoms with Crippen LogP contribution in [0.15, 0.2) is 0 Å². The average Bonchev–Trinajstić information content (AvgIpc) is 2.10. The average molecular weight is 144 g/mol. The summed E-state index contributed by atoms with van der Waals surface area (Å²) in [5, 5.41) is 0. The van der Waals surface area contributed by atoms with Gasteiger partial charge in [0.25, 0.3) is 0 Å². The molecule has 0 aromatic heterocycles. The Balaban J connectivity index is 0.000000371. The van der Waals surface area contributed by atoms with Crippen molar-refractivity contribution in [2.45, 2.75) is 32.1 Å². The minimum absolute atomic E-state index is 0.865. The third kappa shape index (κ3) is 3.85. The Morgan fingerprint density at radius 2 is 1.60 bits per heavy atom. The van der Waals surface area contributed by atoms with Crippen molar-refractivity contribution >= 4 is 0 Å². The van der Waals surface area contributed by atoms with E-state index in [1.165, 1.54) is 39.2 Å². The molecule has 1 aliphatic carbocycles. The van der Waals surface area contributed by atoms with Gasteiger partial charge in [-0.2, -0.15) is 0 Å². The number of hydrogen-bond donors (Lipinski definition) is 2. The van der Waals surface area contributed by atoms with E-state index in [1.54, 1.807) is 0 Å². The molecule has 0 saturated heterocycles. The van der Waals surface area contributed by atoms with Crippen molar-refractivity contribution in [1.29, 1.82) is 0 Å². The highest BCUT2D eigenvalue weighted by Crippen LogP contribution is 2.21. The van der Waals surface area contributed by atoms with Gasteiger partial charge < -0.3 is 11.5 Å². The monoisotopic (exact) mass is 144 g/mol. The first-order valence-electron chi connectivity index (χ1n) is 4.21. The fourth-order valence-electron chi connectivity index (χ4n) is 1.42. The molecule has 1 saturated carbocycles. The molecule has 0 spiro atoms. The van der Waals surface area contributed by atoms with E-state index in [4.69, 9.17) is 5.73 Å². The van der Waals surface area contributed by atoms with Crippen molar-refractivity contribution in [3.63, 3.8) is 0 Å². The van der Waals surface area contributed by atoms with Crippen molar-refractivity contribution in [2.75, 3.05) is 13.6 Å². The highest BCUT2D eigenvalue weighted by molar-refractivity contribution is 4.65. The number of rotatable bonds is 1. The highest BCUT2D eigenvalue weighted by atomic mass is 14.5. The zero-order valence-electron chi connectivity index (χ0n) is 6.97. The van der Waals surface area contributed by atoms with Crippen molar-refractivity contribution in [3.05, 3.63) is 0 Å². The molecule has 0 unspecified atom stereocenters. The van der Waals surface area contributed by atoms with Crippen molar-refractivity contribution in [2.24, 2.45) is 17.4 Å². The summed E-state index contributed by atoms with van der Waals surface area (Å²) in [6.07, 6.45) is 7.05. The van der Waals surface area contributed by atoms with E-state index in [0.717, 1.165) is 12.5 Å². The van der Waals surface area contributed by atoms with Crippen LogP contribution in [-0.4, -0.2) is 13.6 Å². The molecule has 62 valence electrons. The topological polar surface area (TPSA) is 52.0 Å². The van der Waals surface area contributed by atoms with E-state index in [0.29, 0.717) is 0 Å². The first kappa shape index (κ1) is 9.92. The Bertz CT molecular complexity index is 58.3. The lowest BCUT2D eigenvalue weighted by Gasteiger charge is -2.18. The Kier molecular flexibility index (Phi) is 6.98. The maximum Gasteiger partial charge on any atom is -0.00489 e. The predicted molar refractivity (Wildman–Crippen MR) is 45.7 cm³/mol. The van der Waals surface area contributed by atoms with Crippen LogP contribution in [0.2, 0.25) is 0 Å². The molecule has 1 fully saturated rings. The molecule has 0 aliphatic heterocycles. The number of nitrogens with two attached hydrogens (primary N) is 2. The molecule has 0 aromatic rings. The molecular weight excluding hydrogens is 124 g/mol. The SMILES string of the molecule is CN.NCC1CCCCC1. The molecule has 2 nitrogen and oxygen atoms in total. The molecule has 1 aliphatic rings. The zero-order valence-corrected chi connectivity index (χ0v) is 6.97. The second-order valence-electron chi connectivity index (χ2n) is 2.74. The molecular formula is C8H20N2. The molecule has 0 radical (unpaired) electrons. The predicted octanol–water partition coefficient (Wildman–Crippen LogP) is 1.10. The molecule has 0 atom stereocenters. The Morgan fingerprint density at radius 1 is 1.10 bits per heavy atom. The molecule has 4 N–H and O–H groups in total. The molecule has 2 heteroatoms. The lowest BCUT2D eigenvalue weighted by atomic mass is 9.90. The van der Waals surface area contributed by atoms with E-state index in [-0.39, 0.29) is 0 Å². The smallest absolute Gasteiger partial charge is 0.00489 e. The van der Waals surface area contributed by atoms with Gasteiger partial charge in [0.05, 0.1) is 0 Å². The Hall–Kier alpha value is -0.0800. The van der Waals surface area contributed by atoms with E-state index in [2.05, 4.69) is 5.73 Å². The summed E-state index contributed by atoms with van der Waals surface area (Å²) < 4.78 is 0. The van der Waals surface area contributed by atoms with Gasteiger partial charge in [-0.15, -0.1) is 0 Å². The van der Waals surface area contributed by atoms with Gasteiger partial charge in [0.15, 0.2) is 0 Å². The maximum absolute atomic E-state index is 5.50. The third-order valence-corrected chi connectivity index (χ3v) is 2.06. The lowest BCUT2D eigenvalue weighted by molar-refractivity contribution is 0.366. The van der Waals surface area contributed by atoms with Crippen molar-refractivity contribution in [1.82, 2.24) is 0 Å². The standard InChI is InChI=1S/C7H15N.CH5N/c8-6-7-4-2-1-3-5-7;1-2/h7H,1-6,8H2;2H2,1H3. The normalized spacial score (nSPS) is 19.5. The molecule has 0 amide bonds. The molecule has 1 rings (SSSR count). The van der Waals surface area contributed by atoms with Crippen LogP contribution in [0.3, 0.4) is 0 Å². The summed E-state index contributed by atoms with van der Waals surface area (Å²) in [5.74, 6) is 0.865.